The fraction of sp³-hybridized carbons (Fsp3) is 0.500. The van der Waals surface area contributed by atoms with Crippen LogP contribution in [0.2, 0.25) is 0 Å². The summed E-state index contributed by atoms with van der Waals surface area (Å²) in [6.07, 6.45) is -0.722. The van der Waals surface area contributed by atoms with E-state index >= 15 is 0 Å². The maximum absolute atomic E-state index is 13.6. The van der Waals surface area contributed by atoms with Gasteiger partial charge in [-0.15, -0.1) is 0 Å². The third kappa shape index (κ3) is 2.48. The Kier molecular flexibility index (Phi) is 3.56. The zero-order chi connectivity index (χ0) is 13.3. The van der Waals surface area contributed by atoms with Gasteiger partial charge in [-0.1, -0.05) is 6.92 Å². The Morgan fingerprint density at radius 3 is 2.83 bits per heavy atom. The second-order valence-corrected chi connectivity index (χ2v) is 4.61. The molecule has 0 spiro atoms. The fourth-order valence-electron chi connectivity index (χ4n) is 2.21. The van der Waals surface area contributed by atoms with Gasteiger partial charge in [0.05, 0.1) is 6.61 Å². The molecule has 1 saturated heterocycles. The average Bonchev–Trinajstić information content (AvgIpc) is 2.32. The van der Waals surface area contributed by atoms with Crippen LogP contribution in [0, 0.1) is 27.7 Å². The van der Waals surface area contributed by atoms with E-state index in [9.17, 15) is 18.9 Å². The maximum atomic E-state index is 13.6. The van der Waals surface area contributed by atoms with Crippen molar-refractivity contribution >= 4 is 0 Å². The van der Waals surface area contributed by atoms with Gasteiger partial charge in [-0.25, -0.2) is 8.78 Å². The van der Waals surface area contributed by atoms with Crippen LogP contribution in [0.4, 0.5) is 8.78 Å². The van der Waals surface area contributed by atoms with Crippen molar-refractivity contribution in [2.75, 3.05) is 6.61 Å². The monoisotopic (exact) mass is 257 g/mol. The molecule has 2 unspecified atom stereocenters. The number of nitrogens with zero attached hydrogens (tertiary/aromatic N) is 1. The summed E-state index contributed by atoms with van der Waals surface area (Å²) in [6.45, 7) is 2.14. The first kappa shape index (κ1) is 12.9. The Bertz CT molecular complexity index is 467. The molecule has 1 aliphatic rings. The van der Waals surface area contributed by atoms with Crippen molar-refractivity contribution in [2.45, 2.75) is 25.5 Å². The van der Waals surface area contributed by atoms with Crippen LogP contribution in [0.5, 0.6) is 0 Å². The fourth-order valence-corrected chi connectivity index (χ4v) is 2.21. The quantitative estimate of drug-likeness (QED) is 0.604. The van der Waals surface area contributed by atoms with Crippen LogP contribution in [0.15, 0.2) is 18.2 Å². The third-order valence-corrected chi connectivity index (χ3v) is 3.09. The molecule has 1 aromatic carbocycles. The van der Waals surface area contributed by atoms with E-state index in [-0.39, 0.29) is 11.5 Å². The third-order valence-electron chi connectivity index (χ3n) is 3.09. The predicted octanol–water partition coefficient (Wildman–Crippen LogP) is 2.71. The molecular formula is C12H13F2NO3. The highest BCUT2D eigenvalue weighted by Crippen LogP contribution is 2.34. The zero-order valence-electron chi connectivity index (χ0n) is 9.81. The first-order valence-electron chi connectivity index (χ1n) is 5.69. The largest absolute Gasteiger partial charge is 0.366 e. The van der Waals surface area contributed by atoms with E-state index in [1.807, 2.05) is 6.92 Å². The Balaban J connectivity index is 2.35. The number of halogens is 2. The molecule has 18 heavy (non-hydrogen) atoms. The van der Waals surface area contributed by atoms with E-state index in [0.29, 0.717) is 13.0 Å². The lowest BCUT2D eigenvalue weighted by molar-refractivity contribution is -0.544. The highest BCUT2D eigenvalue weighted by molar-refractivity contribution is 5.22. The van der Waals surface area contributed by atoms with Crippen LogP contribution in [0.1, 0.15) is 25.0 Å². The summed E-state index contributed by atoms with van der Waals surface area (Å²) in [6, 6.07) is 1.87. The van der Waals surface area contributed by atoms with Gasteiger partial charge in [0.25, 0.3) is 0 Å². The van der Waals surface area contributed by atoms with Gasteiger partial charge >= 0.3 is 0 Å². The molecule has 1 fully saturated rings. The first-order valence-corrected chi connectivity index (χ1v) is 5.69. The smallest absolute Gasteiger partial charge is 0.243 e. The summed E-state index contributed by atoms with van der Waals surface area (Å²) < 4.78 is 32.1. The number of rotatable bonds is 2. The molecule has 0 bridgehead atoms. The molecule has 98 valence electrons. The standard InChI is InChI=1S/C12H13F2NO3/c1-7-4-11(15(16)17)12(18-6-7)9-5-8(13)2-3-10(9)14/h2-3,5,7,11-12H,4,6H2,1H3/t7?,11?,12-/m1/s1. The lowest BCUT2D eigenvalue weighted by atomic mass is 9.91. The Morgan fingerprint density at radius 1 is 1.44 bits per heavy atom. The summed E-state index contributed by atoms with van der Waals surface area (Å²) in [5.74, 6) is -1.27. The van der Waals surface area contributed by atoms with Crippen molar-refractivity contribution in [3.8, 4) is 0 Å². The number of ether oxygens (including phenoxy) is 1. The van der Waals surface area contributed by atoms with E-state index in [0.717, 1.165) is 18.2 Å². The Hall–Kier alpha value is -1.56. The van der Waals surface area contributed by atoms with Crippen molar-refractivity contribution in [2.24, 2.45) is 5.92 Å². The van der Waals surface area contributed by atoms with Gasteiger partial charge in [-0.05, 0) is 24.1 Å². The summed E-state index contributed by atoms with van der Waals surface area (Å²) in [5, 5.41) is 11.0. The second-order valence-electron chi connectivity index (χ2n) is 4.61. The van der Waals surface area contributed by atoms with Crippen LogP contribution in [0.25, 0.3) is 0 Å². The molecule has 4 nitrogen and oxygen atoms in total. The molecule has 2 rings (SSSR count). The zero-order valence-corrected chi connectivity index (χ0v) is 9.81. The minimum absolute atomic E-state index is 0.0354. The maximum Gasteiger partial charge on any atom is 0.243 e. The van der Waals surface area contributed by atoms with Gasteiger partial charge in [0.15, 0.2) is 6.10 Å². The molecule has 1 heterocycles. The molecule has 6 heteroatoms. The molecule has 0 saturated carbocycles. The topological polar surface area (TPSA) is 52.4 Å². The average molecular weight is 257 g/mol. The highest BCUT2D eigenvalue weighted by atomic mass is 19.1. The molecule has 0 aromatic heterocycles. The van der Waals surface area contributed by atoms with E-state index in [1.54, 1.807) is 0 Å². The van der Waals surface area contributed by atoms with Crippen molar-refractivity contribution in [3.05, 3.63) is 45.5 Å². The van der Waals surface area contributed by atoms with Crippen molar-refractivity contribution < 1.29 is 18.4 Å². The van der Waals surface area contributed by atoms with Crippen LogP contribution < -0.4 is 0 Å². The van der Waals surface area contributed by atoms with E-state index in [1.165, 1.54) is 0 Å². The molecule has 1 aromatic rings. The molecule has 0 aliphatic carbocycles. The summed E-state index contributed by atoms with van der Waals surface area (Å²) >= 11 is 0. The molecular weight excluding hydrogens is 244 g/mol. The minimum Gasteiger partial charge on any atom is -0.366 e. The van der Waals surface area contributed by atoms with E-state index < -0.39 is 28.7 Å². The van der Waals surface area contributed by atoms with Crippen LogP contribution >= 0.6 is 0 Å². The lowest BCUT2D eigenvalue weighted by Crippen LogP contribution is -2.37. The molecule has 0 N–H and O–H groups in total. The van der Waals surface area contributed by atoms with Gasteiger partial charge in [0.2, 0.25) is 6.04 Å². The normalized spacial score (nSPS) is 28.1. The van der Waals surface area contributed by atoms with Gasteiger partial charge in [0, 0.05) is 16.9 Å². The molecule has 0 amide bonds. The van der Waals surface area contributed by atoms with E-state index in [4.69, 9.17) is 4.74 Å². The van der Waals surface area contributed by atoms with Crippen molar-refractivity contribution in [1.29, 1.82) is 0 Å². The lowest BCUT2D eigenvalue weighted by Gasteiger charge is -2.30. The summed E-state index contributed by atoms with van der Waals surface area (Å²) in [5.41, 5.74) is -0.0800. The van der Waals surface area contributed by atoms with Gasteiger partial charge < -0.3 is 4.74 Å². The first-order chi connectivity index (χ1) is 8.49. The highest BCUT2D eigenvalue weighted by Gasteiger charge is 2.40. The van der Waals surface area contributed by atoms with Gasteiger partial charge in [-0.2, -0.15) is 0 Å². The molecule has 0 radical (unpaired) electrons. The van der Waals surface area contributed by atoms with Crippen molar-refractivity contribution in [1.82, 2.24) is 0 Å². The number of nitro groups is 1. The van der Waals surface area contributed by atoms with Crippen molar-refractivity contribution in [3.63, 3.8) is 0 Å². The SMILES string of the molecule is CC1CO[C@H](c2cc(F)ccc2F)C([N+](=O)[O-])C1. The minimum atomic E-state index is -1.04. The van der Waals surface area contributed by atoms with Gasteiger partial charge in [0.1, 0.15) is 11.6 Å². The molecule has 3 atom stereocenters. The van der Waals surface area contributed by atoms with Gasteiger partial charge in [-0.3, -0.25) is 10.1 Å². The Morgan fingerprint density at radius 2 is 2.17 bits per heavy atom. The summed E-state index contributed by atoms with van der Waals surface area (Å²) in [4.78, 5) is 10.5. The van der Waals surface area contributed by atoms with Crippen LogP contribution in [-0.2, 0) is 4.74 Å². The number of benzene rings is 1. The van der Waals surface area contributed by atoms with Crippen LogP contribution in [0.3, 0.4) is 0 Å². The molecule has 1 aliphatic heterocycles. The predicted molar refractivity (Wildman–Crippen MR) is 59.6 cm³/mol. The summed E-state index contributed by atoms with van der Waals surface area (Å²) in [7, 11) is 0. The second kappa shape index (κ2) is 4.97. The van der Waals surface area contributed by atoms with E-state index in [2.05, 4.69) is 0 Å². The van der Waals surface area contributed by atoms with Crippen LogP contribution in [-0.4, -0.2) is 17.6 Å². The number of hydrogen-bond donors (Lipinski definition) is 0. The Labute approximate surface area is 103 Å². The number of hydrogen-bond acceptors (Lipinski definition) is 3.